The number of hydrogen-bond donors (Lipinski definition) is 1. The molecule has 2 aromatic rings. The predicted molar refractivity (Wildman–Crippen MR) is 80.0 cm³/mol. The maximum absolute atomic E-state index is 13.4. The van der Waals surface area contributed by atoms with Crippen molar-refractivity contribution in [3.8, 4) is 11.5 Å². The Kier molecular flexibility index (Phi) is 3.87. The van der Waals surface area contributed by atoms with E-state index < -0.39 is 6.10 Å². The van der Waals surface area contributed by atoms with E-state index in [2.05, 4.69) is 15.9 Å². The van der Waals surface area contributed by atoms with Gasteiger partial charge in [-0.2, -0.15) is 0 Å². The topological polar surface area (TPSA) is 38.7 Å². The molecule has 0 saturated carbocycles. The van der Waals surface area contributed by atoms with Crippen LogP contribution in [0.25, 0.3) is 0 Å². The van der Waals surface area contributed by atoms with Crippen LogP contribution in [0.3, 0.4) is 0 Å². The third kappa shape index (κ3) is 2.76. The van der Waals surface area contributed by atoms with E-state index in [0.29, 0.717) is 23.5 Å². The number of halogens is 2. The first-order chi connectivity index (χ1) is 10.1. The van der Waals surface area contributed by atoms with Gasteiger partial charge in [-0.05, 0) is 30.3 Å². The lowest BCUT2D eigenvalue weighted by Crippen LogP contribution is -2.19. The van der Waals surface area contributed by atoms with Gasteiger partial charge in [0.25, 0.3) is 0 Å². The molecule has 1 aliphatic rings. The summed E-state index contributed by atoms with van der Waals surface area (Å²) in [6.45, 7) is 0. The van der Waals surface area contributed by atoms with Crippen LogP contribution in [0, 0.1) is 5.82 Å². The van der Waals surface area contributed by atoms with Crippen molar-refractivity contribution in [3.63, 3.8) is 0 Å². The largest absolute Gasteiger partial charge is 0.496 e. The van der Waals surface area contributed by atoms with E-state index in [9.17, 15) is 9.50 Å². The minimum Gasteiger partial charge on any atom is -0.496 e. The molecule has 3 rings (SSSR count). The van der Waals surface area contributed by atoms with Crippen molar-refractivity contribution in [1.82, 2.24) is 0 Å². The summed E-state index contributed by atoms with van der Waals surface area (Å²) in [6.07, 6.45) is -0.685. The van der Waals surface area contributed by atoms with Crippen molar-refractivity contribution in [2.24, 2.45) is 0 Å². The van der Waals surface area contributed by atoms with E-state index >= 15 is 0 Å². The summed E-state index contributed by atoms with van der Waals surface area (Å²) in [5.74, 6) is 0.666. The summed E-state index contributed by atoms with van der Waals surface area (Å²) >= 11 is 3.42. The van der Waals surface area contributed by atoms with Crippen molar-refractivity contribution in [2.75, 3.05) is 7.11 Å². The average Bonchev–Trinajstić information content (AvgIpc) is 2.46. The van der Waals surface area contributed by atoms with Gasteiger partial charge in [-0.15, -0.1) is 0 Å². The van der Waals surface area contributed by atoms with Gasteiger partial charge in [0.05, 0.1) is 13.2 Å². The third-order valence-electron chi connectivity index (χ3n) is 3.58. The van der Waals surface area contributed by atoms with Crippen LogP contribution in [0.1, 0.15) is 29.8 Å². The molecule has 0 amide bonds. The zero-order chi connectivity index (χ0) is 15.0. The minimum atomic E-state index is -0.692. The second-order valence-electron chi connectivity index (χ2n) is 4.93. The standard InChI is InChI=1S/C16H14BrFO3/c1-20-14-5-2-9(17)6-12(14)16-8-13(19)11-4-3-10(18)7-15(11)21-16/h2-7,13,16,19H,8H2,1H3/t13-,16?/m1/s1. The number of fused-ring (bicyclic) bond motifs is 1. The Hall–Kier alpha value is -1.59. The Morgan fingerprint density at radius 1 is 1.24 bits per heavy atom. The number of aliphatic hydroxyl groups is 1. The molecule has 1 aliphatic heterocycles. The highest BCUT2D eigenvalue weighted by molar-refractivity contribution is 9.10. The van der Waals surface area contributed by atoms with E-state index in [0.717, 1.165) is 10.0 Å². The van der Waals surface area contributed by atoms with Crippen LogP contribution in [0.4, 0.5) is 4.39 Å². The molecule has 5 heteroatoms. The fourth-order valence-corrected chi connectivity index (χ4v) is 2.94. The molecular formula is C16H14BrFO3. The molecule has 0 radical (unpaired) electrons. The summed E-state index contributed by atoms with van der Waals surface area (Å²) in [4.78, 5) is 0. The Morgan fingerprint density at radius 3 is 2.81 bits per heavy atom. The van der Waals surface area contributed by atoms with Gasteiger partial charge in [-0.25, -0.2) is 4.39 Å². The summed E-state index contributed by atoms with van der Waals surface area (Å²) in [6, 6.07) is 9.77. The van der Waals surface area contributed by atoms with Crippen LogP contribution in [-0.2, 0) is 0 Å². The SMILES string of the molecule is COc1ccc(Br)cc1C1C[C@@H](O)c2ccc(F)cc2O1. The van der Waals surface area contributed by atoms with Crippen LogP contribution in [0.2, 0.25) is 0 Å². The second kappa shape index (κ2) is 5.66. The molecule has 0 saturated heterocycles. The molecule has 0 fully saturated rings. The molecule has 21 heavy (non-hydrogen) atoms. The Balaban J connectivity index is 2.01. The molecule has 1 heterocycles. The number of benzene rings is 2. The van der Waals surface area contributed by atoms with Crippen LogP contribution in [0.15, 0.2) is 40.9 Å². The first-order valence-electron chi connectivity index (χ1n) is 6.56. The maximum atomic E-state index is 13.4. The first-order valence-corrected chi connectivity index (χ1v) is 7.35. The van der Waals surface area contributed by atoms with Crippen molar-refractivity contribution >= 4 is 15.9 Å². The van der Waals surface area contributed by atoms with Gasteiger partial charge in [0.15, 0.2) is 0 Å². The summed E-state index contributed by atoms with van der Waals surface area (Å²) in [7, 11) is 1.58. The van der Waals surface area contributed by atoms with E-state index in [1.54, 1.807) is 13.2 Å². The summed E-state index contributed by atoms with van der Waals surface area (Å²) < 4.78 is 25.5. The molecule has 2 atom stereocenters. The van der Waals surface area contributed by atoms with Gasteiger partial charge in [-0.1, -0.05) is 15.9 Å². The van der Waals surface area contributed by atoms with Crippen molar-refractivity contribution in [1.29, 1.82) is 0 Å². The van der Waals surface area contributed by atoms with Crippen LogP contribution in [0.5, 0.6) is 11.5 Å². The lowest BCUT2D eigenvalue weighted by atomic mass is 9.94. The molecule has 0 aromatic heterocycles. The number of aliphatic hydroxyl groups excluding tert-OH is 1. The molecule has 1 N–H and O–H groups in total. The van der Waals surface area contributed by atoms with Gasteiger partial charge in [0.2, 0.25) is 0 Å². The van der Waals surface area contributed by atoms with Gasteiger partial charge in [0, 0.05) is 28.1 Å². The molecule has 2 aromatic carbocycles. The highest BCUT2D eigenvalue weighted by Crippen LogP contribution is 2.43. The summed E-state index contributed by atoms with van der Waals surface area (Å²) in [5, 5.41) is 10.3. The molecule has 0 aliphatic carbocycles. The lowest BCUT2D eigenvalue weighted by Gasteiger charge is -2.30. The normalized spacial score (nSPS) is 20.6. The quantitative estimate of drug-likeness (QED) is 0.882. The van der Waals surface area contributed by atoms with Crippen LogP contribution >= 0.6 is 15.9 Å². The van der Waals surface area contributed by atoms with Crippen molar-refractivity contribution < 1.29 is 19.0 Å². The number of hydrogen-bond acceptors (Lipinski definition) is 3. The third-order valence-corrected chi connectivity index (χ3v) is 4.07. The first kappa shape index (κ1) is 14.4. The van der Waals surface area contributed by atoms with E-state index in [4.69, 9.17) is 9.47 Å². The highest BCUT2D eigenvalue weighted by Gasteiger charge is 2.30. The van der Waals surface area contributed by atoms with Crippen molar-refractivity contribution in [3.05, 3.63) is 57.8 Å². The lowest BCUT2D eigenvalue weighted by molar-refractivity contribution is 0.0641. The molecule has 0 spiro atoms. The zero-order valence-corrected chi connectivity index (χ0v) is 12.9. The highest BCUT2D eigenvalue weighted by atomic mass is 79.9. The van der Waals surface area contributed by atoms with Crippen LogP contribution < -0.4 is 9.47 Å². The number of methoxy groups -OCH3 is 1. The van der Waals surface area contributed by atoms with E-state index in [1.807, 2.05) is 18.2 Å². The smallest absolute Gasteiger partial charge is 0.130 e. The molecular weight excluding hydrogens is 339 g/mol. The van der Waals surface area contributed by atoms with E-state index in [-0.39, 0.29) is 11.9 Å². The maximum Gasteiger partial charge on any atom is 0.130 e. The van der Waals surface area contributed by atoms with Crippen molar-refractivity contribution in [2.45, 2.75) is 18.6 Å². The molecule has 3 nitrogen and oxygen atoms in total. The Labute approximate surface area is 130 Å². The van der Waals surface area contributed by atoms with Gasteiger partial charge < -0.3 is 14.6 Å². The average molecular weight is 353 g/mol. The van der Waals surface area contributed by atoms with Crippen LogP contribution in [-0.4, -0.2) is 12.2 Å². The fourth-order valence-electron chi connectivity index (χ4n) is 2.56. The minimum absolute atomic E-state index is 0.376. The van der Waals surface area contributed by atoms with E-state index in [1.165, 1.54) is 12.1 Å². The predicted octanol–water partition coefficient (Wildman–Crippen LogP) is 4.15. The number of ether oxygens (including phenoxy) is 2. The van der Waals surface area contributed by atoms with Gasteiger partial charge in [-0.3, -0.25) is 0 Å². The summed E-state index contributed by atoms with van der Waals surface area (Å²) in [5.41, 5.74) is 1.43. The second-order valence-corrected chi connectivity index (χ2v) is 5.84. The Bertz CT molecular complexity index is 675. The molecule has 0 bridgehead atoms. The zero-order valence-electron chi connectivity index (χ0n) is 11.3. The monoisotopic (exact) mass is 352 g/mol. The fraction of sp³-hybridized carbons (Fsp3) is 0.250. The van der Waals surface area contributed by atoms with Gasteiger partial charge >= 0.3 is 0 Å². The Morgan fingerprint density at radius 2 is 2.05 bits per heavy atom. The number of rotatable bonds is 2. The molecule has 110 valence electrons. The van der Waals surface area contributed by atoms with Gasteiger partial charge in [0.1, 0.15) is 23.4 Å². The molecule has 1 unspecified atom stereocenters.